The maximum absolute atomic E-state index is 11.9. The fraction of sp³-hybridized carbons (Fsp3) is 0.429. The van der Waals surface area contributed by atoms with Crippen LogP contribution in [0.5, 0.6) is 0 Å². The molecule has 1 saturated carbocycles. The van der Waals surface area contributed by atoms with Crippen molar-refractivity contribution >= 4 is 40.2 Å². The van der Waals surface area contributed by atoms with Crippen molar-refractivity contribution in [3.8, 4) is 0 Å². The van der Waals surface area contributed by atoms with Gasteiger partial charge in [0.15, 0.2) is 6.61 Å². The number of nitrogens with one attached hydrogen (secondary N) is 1. The van der Waals surface area contributed by atoms with Gasteiger partial charge in [-0.1, -0.05) is 0 Å². The van der Waals surface area contributed by atoms with Crippen LogP contribution < -0.4 is 11.1 Å². The van der Waals surface area contributed by atoms with Crippen molar-refractivity contribution in [2.24, 2.45) is 5.92 Å². The molecule has 0 bridgehead atoms. The van der Waals surface area contributed by atoms with E-state index in [2.05, 4.69) is 27.9 Å². The predicted molar refractivity (Wildman–Crippen MR) is 84.2 cm³/mol. The van der Waals surface area contributed by atoms with Crippen molar-refractivity contribution in [1.82, 2.24) is 5.32 Å². The second-order valence-electron chi connectivity index (χ2n) is 5.00. The number of hydrogen-bond acceptors (Lipinski definition) is 4. The number of esters is 1. The molecule has 0 saturated heterocycles. The second-order valence-corrected chi connectivity index (χ2v) is 6.25. The molecule has 1 fully saturated rings. The highest BCUT2D eigenvalue weighted by atomic mass is 127. The number of carbonyl (C=O) groups excluding carboxylic acids is 2. The third-order valence-corrected chi connectivity index (χ3v) is 3.96. The lowest BCUT2D eigenvalue weighted by molar-refractivity contribution is -0.124. The molecule has 2 rings (SSSR count). The third kappa shape index (κ3) is 4.09. The quantitative estimate of drug-likeness (QED) is 0.459. The van der Waals surface area contributed by atoms with E-state index in [0.29, 0.717) is 17.2 Å². The van der Waals surface area contributed by atoms with Crippen LogP contribution in [0, 0.1) is 9.49 Å². The van der Waals surface area contributed by atoms with E-state index >= 15 is 0 Å². The number of ether oxygens (including phenoxy) is 1. The minimum atomic E-state index is -0.574. The fourth-order valence-corrected chi connectivity index (χ4v) is 2.42. The van der Waals surface area contributed by atoms with Crippen LogP contribution in [0.25, 0.3) is 0 Å². The van der Waals surface area contributed by atoms with Crippen molar-refractivity contribution in [3.63, 3.8) is 0 Å². The Morgan fingerprint density at radius 1 is 1.50 bits per heavy atom. The van der Waals surface area contributed by atoms with Crippen LogP contribution in [0.3, 0.4) is 0 Å². The highest BCUT2D eigenvalue weighted by Crippen LogP contribution is 2.32. The van der Waals surface area contributed by atoms with Crippen LogP contribution in [0.15, 0.2) is 18.2 Å². The molecule has 20 heavy (non-hydrogen) atoms. The van der Waals surface area contributed by atoms with Crippen LogP contribution in [-0.4, -0.2) is 24.5 Å². The van der Waals surface area contributed by atoms with Crippen molar-refractivity contribution < 1.29 is 14.3 Å². The Hall–Kier alpha value is -1.31. The summed E-state index contributed by atoms with van der Waals surface area (Å²) >= 11 is 2.08. The Balaban J connectivity index is 1.85. The SMILES string of the molecule is C[C@@H](NC(=O)COC(=O)c1cc(I)ccc1N)C1CC1. The highest BCUT2D eigenvalue weighted by molar-refractivity contribution is 14.1. The molecule has 5 nitrogen and oxygen atoms in total. The van der Waals surface area contributed by atoms with Gasteiger partial charge in [0.1, 0.15) is 0 Å². The van der Waals surface area contributed by atoms with Gasteiger partial charge in [-0.15, -0.1) is 0 Å². The number of benzene rings is 1. The number of rotatable bonds is 5. The summed E-state index contributed by atoms with van der Waals surface area (Å²) in [6.45, 7) is 1.69. The number of carbonyl (C=O) groups is 2. The first-order chi connectivity index (χ1) is 9.47. The van der Waals surface area contributed by atoms with Crippen LogP contribution >= 0.6 is 22.6 Å². The first-order valence-electron chi connectivity index (χ1n) is 6.49. The summed E-state index contributed by atoms with van der Waals surface area (Å²) in [6, 6.07) is 5.23. The van der Waals surface area contributed by atoms with E-state index in [4.69, 9.17) is 10.5 Å². The highest BCUT2D eigenvalue weighted by Gasteiger charge is 2.29. The lowest BCUT2D eigenvalue weighted by atomic mass is 10.2. The van der Waals surface area contributed by atoms with Crippen LogP contribution in [-0.2, 0) is 9.53 Å². The lowest BCUT2D eigenvalue weighted by Crippen LogP contribution is -2.37. The molecule has 0 aliphatic heterocycles. The largest absolute Gasteiger partial charge is 0.452 e. The molecule has 0 heterocycles. The molecule has 0 radical (unpaired) electrons. The molecule has 1 aliphatic rings. The van der Waals surface area contributed by atoms with Gasteiger partial charge in [0.2, 0.25) is 0 Å². The van der Waals surface area contributed by atoms with Crippen molar-refractivity contribution in [2.75, 3.05) is 12.3 Å². The molecule has 1 amide bonds. The summed E-state index contributed by atoms with van der Waals surface area (Å²) in [4.78, 5) is 23.5. The summed E-state index contributed by atoms with van der Waals surface area (Å²) in [5.41, 5.74) is 6.36. The van der Waals surface area contributed by atoms with Gasteiger partial charge in [0, 0.05) is 15.3 Å². The Labute approximate surface area is 131 Å². The van der Waals surface area contributed by atoms with Crippen LogP contribution in [0.2, 0.25) is 0 Å². The molecule has 1 aromatic carbocycles. The van der Waals surface area contributed by atoms with Gasteiger partial charge in [0.25, 0.3) is 5.91 Å². The van der Waals surface area contributed by atoms with E-state index in [0.717, 1.165) is 16.4 Å². The van der Waals surface area contributed by atoms with E-state index in [1.54, 1.807) is 18.2 Å². The zero-order valence-electron chi connectivity index (χ0n) is 11.2. The fourth-order valence-electron chi connectivity index (χ4n) is 1.92. The number of amides is 1. The minimum absolute atomic E-state index is 0.143. The normalized spacial score (nSPS) is 15.5. The predicted octanol–water partition coefficient (Wildman–Crippen LogP) is 1.94. The topological polar surface area (TPSA) is 81.4 Å². The van der Waals surface area contributed by atoms with Gasteiger partial charge in [0.05, 0.1) is 5.56 Å². The zero-order valence-corrected chi connectivity index (χ0v) is 13.3. The molecule has 108 valence electrons. The number of hydrogen-bond donors (Lipinski definition) is 2. The van der Waals surface area contributed by atoms with Gasteiger partial charge >= 0.3 is 5.97 Å². The summed E-state index contributed by atoms with van der Waals surface area (Å²) in [5, 5.41) is 2.83. The minimum Gasteiger partial charge on any atom is -0.452 e. The standard InChI is InChI=1S/C14H17IN2O3/c1-8(9-2-3-9)17-13(18)7-20-14(19)11-6-10(15)4-5-12(11)16/h4-6,8-9H,2-3,7,16H2,1H3,(H,17,18)/t8-/m1/s1. The number of nitrogen functional groups attached to an aromatic ring is 1. The summed E-state index contributed by atoms with van der Waals surface area (Å²) in [5.74, 6) is -0.279. The maximum atomic E-state index is 11.9. The van der Waals surface area contributed by atoms with E-state index in [-0.39, 0.29) is 18.6 Å². The van der Waals surface area contributed by atoms with Gasteiger partial charge < -0.3 is 15.8 Å². The first kappa shape index (κ1) is 15.1. The van der Waals surface area contributed by atoms with E-state index in [1.165, 1.54) is 0 Å². The van der Waals surface area contributed by atoms with Gasteiger partial charge in [-0.3, -0.25) is 4.79 Å². The van der Waals surface area contributed by atoms with E-state index < -0.39 is 5.97 Å². The van der Waals surface area contributed by atoms with Crippen LogP contribution in [0.1, 0.15) is 30.1 Å². The zero-order chi connectivity index (χ0) is 14.7. The molecule has 0 spiro atoms. The molecule has 1 atom stereocenters. The molecule has 6 heteroatoms. The Morgan fingerprint density at radius 3 is 2.85 bits per heavy atom. The van der Waals surface area contributed by atoms with Gasteiger partial charge in [-0.25, -0.2) is 4.79 Å². The monoisotopic (exact) mass is 388 g/mol. The Morgan fingerprint density at radius 2 is 2.20 bits per heavy atom. The Kier molecular flexibility index (Phi) is 4.85. The van der Waals surface area contributed by atoms with Crippen molar-refractivity contribution in [1.29, 1.82) is 0 Å². The third-order valence-electron chi connectivity index (χ3n) is 3.29. The van der Waals surface area contributed by atoms with Gasteiger partial charge in [-0.2, -0.15) is 0 Å². The number of halogens is 1. The molecular formula is C14H17IN2O3. The molecule has 1 aromatic rings. The van der Waals surface area contributed by atoms with E-state index in [9.17, 15) is 9.59 Å². The van der Waals surface area contributed by atoms with E-state index in [1.807, 2.05) is 6.92 Å². The van der Waals surface area contributed by atoms with Gasteiger partial charge in [-0.05, 0) is 66.5 Å². The van der Waals surface area contributed by atoms with Crippen molar-refractivity contribution in [2.45, 2.75) is 25.8 Å². The molecule has 1 aliphatic carbocycles. The molecule has 0 aromatic heterocycles. The Bertz CT molecular complexity index is 529. The summed E-state index contributed by atoms with van der Waals surface area (Å²) in [7, 11) is 0. The second kappa shape index (κ2) is 6.43. The van der Waals surface area contributed by atoms with Crippen molar-refractivity contribution in [3.05, 3.63) is 27.3 Å². The first-order valence-corrected chi connectivity index (χ1v) is 7.56. The van der Waals surface area contributed by atoms with Crippen LogP contribution in [0.4, 0.5) is 5.69 Å². The molecule has 3 N–H and O–H groups in total. The molecular weight excluding hydrogens is 371 g/mol. The molecule has 0 unspecified atom stereocenters. The number of anilines is 1. The smallest absolute Gasteiger partial charge is 0.340 e. The maximum Gasteiger partial charge on any atom is 0.340 e. The average molecular weight is 388 g/mol. The number of nitrogens with two attached hydrogens (primary N) is 1. The summed E-state index contributed by atoms with van der Waals surface area (Å²) in [6.07, 6.45) is 2.31. The lowest BCUT2D eigenvalue weighted by Gasteiger charge is -2.13. The average Bonchev–Trinajstić information content (AvgIpc) is 3.23. The summed E-state index contributed by atoms with van der Waals surface area (Å²) < 4.78 is 5.88.